The molecule has 164 valence electrons. The number of hydrazine groups is 1. The van der Waals surface area contributed by atoms with Crippen LogP contribution in [0.1, 0.15) is 48.7 Å². The van der Waals surface area contributed by atoms with Crippen LogP contribution < -0.4 is 19.6 Å². The standard InChI is InChI=1S/C27H28N2O3/c1-3-4-17-31-21-15-13-20(14-16-21)27-29-24(18-23(28-29)19-9-6-5-7-10-19)22-11-8-12-25(30-2)26(22)32-27/h5-16,18,24,27-28H,3-4,17H2,1-2H3/t24-,27+/m1/s1. The molecule has 1 N–H and O–H groups in total. The van der Waals surface area contributed by atoms with Gasteiger partial charge in [-0.2, -0.15) is 5.01 Å². The number of hydrogen-bond acceptors (Lipinski definition) is 5. The van der Waals surface area contributed by atoms with Gasteiger partial charge in [0.15, 0.2) is 17.7 Å². The predicted octanol–water partition coefficient (Wildman–Crippen LogP) is 5.87. The molecule has 32 heavy (non-hydrogen) atoms. The Bertz CT molecular complexity index is 1100. The molecule has 2 atom stereocenters. The highest BCUT2D eigenvalue weighted by Gasteiger charge is 2.41. The van der Waals surface area contributed by atoms with Crippen LogP contribution in [-0.2, 0) is 0 Å². The summed E-state index contributed by atoms with van der Waals surface area (Å²) in [5.74, 6) is 2.41. The largest absolute Gasteiger partial charge is 0.494 e. The number of rotatable bonds is 7. The van der Waals surface area contributed by atoms with Crippen molar-refractivity contribution in [1.29, 1.82) is 0 Å². The second kappa shape index (κ2) is 8.97. The lowest BCUT2D eigenvalue weighted by Crippen LogP contribution is -2.43. The molecule has 2 aliphatic heterocycles. The highest BCUT2D eigenvalue weighted by molar-refractivity contribution is 5.68. The summed E-state index contributed by atoms with van der Waals surface area (Å²) in [5.41, 5.74) is 7.93. The maximum Gasteiger partial charge on any atom is 0.196 e. The smallest absolute Gasteiger partial charge is 0.196 e. The third kappa shape index (κ3) is 3.80. The minimum Gasteiger partial charge on any atom is -0.494 e. The first-order chi connectivity index (χ1) is 15.8. The highest BCUT2D eigenvalue weighted by Crippen LogP contribution is 2.49. The first-order valence-corrected chi connectivity index (χ1v) is 11.2. The van der Waals surface area contributed by atoms with E-state index in [0.717, 1.165) is 59.1 Å². The Morgan fingerprint density at radius 3 is 2.53 bits per heavy atom. The first-order valence-electron chi connectivity index (χ1n) is 11.2. The van der Waals surface area contributed by atoms with E-state index in [0.29, 0.717) is 0 Å². The molecule has 5 heteroatoms. The van der Waals surface area contributed by atoms with Crippen LogP contribution in [-0.4, -0.2) is 18.7 Å². The SMILES string of the molecule is CCCCOc1ccc([C@@H]2Oc3c(OC)cccc3[C@H]3C=C(c4ccccc4)NN32)cc1. The monoisotopic (exact) mass is 428 g/mol. The normalized spacial score (nSPS) is 19.2. The molecule has 0 radical (unpaired) electrons. The summed E-state index contributed by atoms with van der Waals surface area (Å²) in [4.78, 5) is 0. The van der Waals surface area contributed by atoms with Gasteiger partial charge in [0.05, 0.1) is 25.5 Å². The van der Waals surface area contributed by atoms with Crippen LogP contribution in [0.25, 0.3) is 5.70 Å². The van der Waals surface area contributed by atoms with Crippen molar-refractivity contribution in [3.63, 3.8) is 0 Å². The first kappa shape index (κ1) is 20.5. The molecular formula is C27H28N2O3. The van der Waals surface area contributed by atoms with Crippen LogP contribution in [0.3, 0.4) is 0 Å². The number of nitrogens with one attached hydrogen (secondary N) is 1. The fourth-order valence-corrected chi connectivity index (χ4v) is 4.22. The summed E-state index contributed by atoms with van der Waals surface area (Å²) < 4.78 is 18.0. The number of benzene rings is 3. The Balaban J connectivity index is 1.49. The summed E-state index contributed by atoms with van der Waals surface area (Å²) in [6.45, 7) is 2.90. The van der Waals surface area contributed by atoms with E-state index < -0.39 is 0 Å². The fraction of sp³-hybridized carbons (Fsp3) is 0.259. The second-order valence-corrected chi connectivity index (χ2v) is 8.03. The van der Waals surface area contributed by atoms with Crippen molar-refractivity contribution in [2.45, 2.75) is 32.0 Å². The zero-order valence-corrected chi connectivity index (χ0v) is 18.5. The molecule has 0 aliphatic carbocycles. The van der Waals surface area contributed by atoms with Crippen molar-refractivity contribution in [2.75, 3.05) is 13.7 Å². The van der Waals surface area contributed by atoms with Crippen LogP contribution in [0, 0.1) is 0 Å². The van der Waals surface area contributed by atoms with Gasteiger partial charge in [-0.1, -0.05) is 67.9 Å². The molecule has 0 bridgehead atoms. The average molecular weight is 429 g/mol. The minimum absolute atomic E-state index is 0.0227. The fourth-order valence-electron chi connectivity index (χ4n) is 4.22. The summed E-state index contributed by atoms with van der Waals surface area (Å²) in [5, 5.41) is 2.16. The summed E-state index contributed by atoms with van der Waals surface area (Å²) in [7, 11) is 1.68. The van der Waals surface area contributed by atoms with Crippen LogP contribution in [0.15, 0.2) is 78.9 Å². The number of methoxy groups -OCH3 is 1. The van der Waals surface area contributed by atoms with Gasteiger partial charge < -0.3 is 19.6 Å². The Hall–Kier alpha value is -3.44. The van der Waals surface area contributed by atoms with E-state index in [9.17, 15) is 0 Å². The van der Waals surface area contributed by atoms with Gasteiger partial charge in [0, 0.05) is 11.1 Å². The molecule has 3 aromatic carbocycles. The third-order valence-electron chi connectivity index (χ3n) is 5.92. The zero-order chi connectivity index (χ0) is 21.9. The third-order valence-corrected chi connectivity index (χ3v) is 5.92. The lowest BCUT2D eigenvalue weighted by Gasteiger charge is -2.39. The van der Waals surface area contributed by atoms with Crippen LogP contribution >= 0.6 is 0 Å². The number of ether oxygens (including phenoxy) is 3. The van der Waals surface area contributed by atoms with Gasteiger partial charge in [0.2, 0.25) is 0 Å². The maximum absolute atomic E-state index is 6.54. The van der Waals surface area contributed by atoms with Gasteiger partial charge in [-0.3, -0.25) is 0 Å². The lowest BCUT2D eigenvalue weighted by atomic mass is 10.00. The van der Waals surface area contributed by atoms with Gasteiger partial charge in [-0.15, -0.1) is 0 Å². The quantitative estimate of drug-likeness (QED) is 0.477. The molecule has 5 rings (SSSR count). The zero-order valence-electron chi connectivity index (χ0n) is 18.5. The predicted molar refractivity (Wildman–Crippen MR) is 125 cm³/mol. The van der Waals surface area contributed by atoms with E-state index in [1.54, 1.807) is 7.11 Å². The number of nitrogens with zero attached hydrogens (tertiary/aromatic N) is 1. The summed E-state index contributed by atoms with van der Waals surface area (Å²) in [6, 6.07) is 24.6. The molecule has 5 nitrogen and oxygen atoms in total. The van der Waals surface area contributed by atoms with Crippen molar-refractivity contribution in [2.24, 2.45) is 0 Å². The van der Waals surface area contributed by atoms with E-state index in [1.165, 1.54) is 0 Å². The summed E-state index contributed by atoms with van der Waals surface area (Å²) >= 11 is 0. The van der Waals surface area contributed by atoms with Crippen LogP contribution in [0.2, 0.25) is 0 Å². The van der Waals surface area contributed by atoms with E-state index in [-0.39, 0.29) is 12.3 Å². The Labute approximate surface area is 189 Å². The highest BCUT2D eigenvalue weighted by atomic mass is 16.5. The number of unbranched alkanes of at least 4 members (excludes halogenated alkanes) is 1. The number of fused-ring (bicyclic) bond motifs is 3. The molecule has 2 aliphatic rings. The van der Waals surface area contributed by atoms with Crippen molar-refractivity contribution in [3.8, 4) is 17.2 Å². The second-order valence-electron chi connectivity index (χ2n) is 8.03. The van der Waals surface area contributed by atoms with E-state index >= 15 is 0 Å². The average Bonchev–Trinajstić information content (AvgIpc) is 3.30. The molecule has 0 unspecified atom stereocenters. The molecule has 3 aromatic rings. The van der Waals surface area contributed by atoms with Gasteiger partial charge in [0.25, 0.3) is 0 Å². The topological polar surface area (TPSA) is 43.0 Å². The van der Waals surface area contributed by atoms with Crippen molar-refractivity contribution >= 4 is 5.70 Å². The van der Waals surface area contributed by atoms with Crippen molar-refractivity contribution < 1.29 is 14.2 Å². The van der Waals surface area contributed by atoms with Crippen LogP contribution in [0.4, 0.5) is 0 Å². The molecular weight excluding hydrogens is 400 g/mol. The molecule has 0 spiro atoms. The van der Waals surface area contributed by atoms with Crippen LogP contribution in [0.5, 0.6) is 17.2 Å². The Morgan fingerprint density at radius 1 is 0.969 bits per heavy atom. The van der Waals surface area contributed by atoms with E-state index in [1.807, 2.05) is 30.3 Å². The number of hydrogen-bond donors (Lipinski definition) is 1. The molecule has 2 heterocycles. The van der Waals surface area contributed by atoms with Gasteiger partial charge in [-0.05, 0) is 36.3 Å². The minimum atomic E-state index is -0.314. The molecule has 0 fully saturated rings. The maximum atomic E-state index is 6.54. The molecule has 0 amide bonds. The summed E-state index contributed by atoms with van der Waals surface area (Å²) in [6.07, 6.45) is 4.11. The Morgan fingerprint density at radius 2 is 1.78 bits per heavy atom. The Kier molecular flexibility index (Phi) is 5.73. The number of para-hydroxylation sites is 1. The lowest BCUT2D eigenvalue weighted by molar-refractivity contribution is -0.0343. The van der Waals surface area contributed by atoms with Crippen molar-refractivity contribution in [3.05, 3.63) is 95.6 Å². The van der Waals surface area contributed by atoms with Crippen molar-refractivity contribution in [1.82, 2.24) is 10.4 Å². The van der Waals surface area contributed by atoms with E-state index in [4.69, 9.17) is 14.2 Å². The van der Waals surface area contributed by atoms with Gasteiger partial charge in [0.1, 0.15) is 5.75 Å². The molecule has 0 saturated heterocycles. The van der Waals surface area contributed by atoms with E-state index in [2.05, 4.69) is 65.9 Å². The molecule has 0 saturated carbocycles. The van der Waals surface area contributed by atoms with Gasteiger partial charge in [-0.25, -0.2) is 0 Å². The molecule has 0 aromatic heterocycles. The van der Waals surface area contributed by atoms with Gasteiger partial charge >= 0.3 is 0 Å².